The molecular formula is C20H20N2O4S. The number of hydrogen-bond donors (Lipinski definition) is 1. The first-order valence-corrected chi connectivity index (χ1v) is 9.78. The van der Waals surface area contributed by atoms with Gasteiger partial charge in [0, 0.05) is 12.6 Å². The van der Waals surface area contributed by atoms with Gasteiger partial charge in [-0.05, 0) is 55.5 Å². The fraction of sp³-hybridized carbons (Fsp3) is 0.150. The maximum atomic E-state index is 12.7. The molecule has 0 unspecified atom stereocenters. The van der Waals surface area contributed by atoms with E-state index >= 15 is 0 Å². The number of amides is 1. The summed E-state index contributed by atoms with van der Waals surface area (Å²) in [5.74, 6) is 0.394. The van der Waals surface area contributed by atoms with Crippen LogP contribution in [-0.2, 0) is 16.6 Å². The van der Waals surface area contributed by atoms with E-state index in [0.717, 1.165) is 5.56 Å². The lowest BCUT2D eigenvalue weighted by Crippen LogP contribution is -2.27. The summed E-state index contributed by atoms with van der Waals surface area (Å²) < 4.78 is 31.8. The first-order chi connectivity index (χ1) is 12.9. The van der Waals surface area contributed by atoms with Gasteiger partial charge >= 0.3 is 0 Å². The number of nitrogens with zero attached hydrogens (tertiary/aromatic N) is 1. The first-order valence-electron chi connectivity index (χ1n) is 8.34. The van der Waals surface area contributed by atoms with E-state index in [-0.39, 0.29) is 17.3 Å². The van der Waals surface area contributed by atoms with Gasteiger partial charge in [0.15, 0.2) is 0 Å². The third-order valence-corrected chi connectivity index (χ3v) is 5.98. The van der Waals surface area contributed by atoms with Gasteiger partial charge in [0.1, 0.15) is 5.76 Å². The summed E-state index contributed by atoms with van der Waals surface area (Å²) in [4.78, 5) is 12.4. The van der Waals surface area contributed by atoms with Crippen LogP contribution in [0, 0.1) is 6.92 Å². The molecule has 0 saturated heterocycles. The summed E-state index contributed by atoms with van der Waals surface area (Å²) in [5, 5.41) is 2.75. The van der Waals surface area contributed by atoms with Gasteiger partial charge in [-0.25, -0.2) is 8.42 Å². The number of benzene rings is 2. The number of anilines is 1. The minimum absolute atomic E-state index is 0.218. The molecule has 0 atom stereocenters. The van der Waals surface area contributed by atoms with Crippen molar-refractivity contribution in [3.63, 3.8) is 0 Å². The molecule has 6 nitrogen and oxygen atoms in total. The van der Waals surface area contributed by atoms with E-state index in [1.165, 1.54) is 11.4 Å². The number of rotatable bonds is 6. The normalized spacial score (nSPS) is 11.2. The first kappa shape index (κ1) is 18.7. The zero-order chi connectivity index (χ0) is 19.4. The number of furan rings is 1. The molecule has 0 spiro atoms. The minimum atomic E-state index is -3.66. The molecule has 3 aromatic rings. The molecule has 140 valence electrons. The predicted octanol–water partition coefficient (Wildman–Crippen LogP) is 3.34. The Hall–Kier alpha value is -3.06. The van der Waals surface area contributed by atoms with Gasteiger partial charge in [-0.3, -0.25) is 9.10 Å². The molecule has 1 heterocycles. The van der Waals surface area contributed by atoms with Crippen LogP contribution in [0.5, 0.6) is 0 Å². The molecule has 7 heteroatoms. The van der Waals surface area contributed by atoms with Crippen LogP contribution < -0.4 is 9.62 Å². The fourth-order valence-corrected chi connectivity index (χ4v) is 3.71. The topological polar surface area (TPSA) is 79.6 Å². The monoisotopic (exact) mass is 384 g/mol. The molecule has 27 heavy (non-hydrogen) atoms. The lowest BCUT2D eigenvalue weighted by molar-refractivity contribution is 0.0948. The molecule has 0 fully saturated rings. The van der Waals surface area contributed by atoms with Gasteiger partial charge in [0.2, 0.25) is 0 Å². The zero-order valence-corrected chi connectivity index (χ0v) is 15.9. The molecule has 0 radical (unpaired) electrons. The number of hydrogen-bond acceptors (Lipinski definition) is 4. The van der Waals surface area contributed by atoms with Crippen molar-refractivity contribution >= 4 is 21.6 Å². The zero-order valence-electron chi connectivity index (χ0n) is 15.0. The molecule has 0 bridgehead atoms. The Morgan fingerprint density at radius 2 is 1.70 bits per heavy atom. The van der Waals surface area contributed by atoms with E-state index in [9.17, 15) is 13.2 Å². The highest BCUT2D eigenvalue weighted by atomic mass is 32.2. The molecule has 1 amide bonds. The van der Waals surface area contributed by atoms with Crippen molar-refractivity contribution in [1.29, 1.82) is 0 Å². The van der Waals surface area contributed by atoms with Gasteiger partial charge in [0.05, 0.1) is 23.4 Å². The number of aryl methyl sites for hydroxylation is 1. The van der Waals surface area contributed by atoms with Crippen molar-refractivity contribution in [2.24, 2.45) is 0 Å². The maximum absolute atomic E-state index is 12.7. The Labute approximate surface area is 158 Å². The summed E-state index contributed by atoms with van der Waals surface area (Å²) in [5.41, 5.74) is 1.89. The Morgan fingerprint density at radius 3 is 2.30 bits per heavy atom. The Kier molecular flexibility index (Phi) is 5.32. The van der Waals surface area contributed by atoms with Crippen LogP contribution in [0.15, 0.2) is 76.2 Å². The van der Waals surface area contributed by atoms with Crippen LogP contribution in [0.3, 0.4) is 0 Å². The lowest BCUT2D eigenvalue weighted by atomic mass is 10.2. The summed E-state index contributed by atoms with van der Waals surface area (Å²) in [6.07, 6.45) is 1.54. The van der Waals surface area contributed by atoms with E-state index in [1.54, 1.807) is 66.9 Å². The number of carbonyl (C=O) groups is 1. The summed E-state index contributed by atoms with van der Waals surface area (Å²) in [7, 11) is -2.17. The van der Waals surface area contributed by atoms with Crippen molar-refractivity contribution in [2.75, 3.05) is 11.4 Å². The highest BCUT2D eigenvalue weighted by molar-refractivity contribution is 7.92. The summed E-state index contributed by atoms with van der Waals surface area (Å²) >= 11 is 0. The molecule has 2 aromatic carbocycles. The summed E-state index contributed by atoms with van der Waals surface area (Å²) in [6.45, 7) is 2.19. The van der Waals surface area contributed by atoms with Crippen LogP contribution in [0.2, 0.25) is 0 Å². The fourth-order valence-electron chi connectivity index (χ4n) is 2.51. The second-order valence-electron chi connectivity index (χ2n) is 6.09. The van der Waals surface area contributed by atoms with E-state index in [1.807, 2.05) is 6.92 Å². The summed E-state index contributed by atoms with van der Waals surface area (Å²) in [6, 6.07) is 16.6. The third-order valence-electron chi connectivity index (χ3n) is 4.18. The largest absolute Gasteiger partial charge is 0.467 e. The lowest BCUT2D eigenvalue weighted by Gasteiger charge is -2.20. The standard InChI is InChI=1S/C20H20N2O4S/c1-15-5-11-19(12-6-15)27(24,25)22(2)17-9-7-16(8-10-17)20(23)21-14-18-4-3-13-26-18/h3-13H,14H2,1-2H3,(H,21,23). The van der Waals surface area contributed by atoms with Crippen molar-refractivity contribution in [2.45, 2.75) is 18.4 Å². The van der Waals surface area contributed by atoms with Gasteiger partial charge in [-0.1, -0.05) is 17.7 Å². The Bertz CT molecular complexity index is 1010. The van der Waals surface area contributed by atoms with E-state index in [2.05, 4.69) is 5.32 Å². The Morgan fingerprint density at radius 1 is 1.04 bits per heavy atom. The van der Waals surface area contributed by atoms with Crippen molar-refractivity contribution < 1.29 is 17.6 Å². The van der Waals surface area contributed by atoms with Gasteiger partial charge in [-0.15, -0.1) is 0 Å². The number of nitrogens with one attached hydrogen (secondary N) is 1. The van der Waals surface area contributed by atoms with E-state index in [4.69, 9.17) is 4.42 Å². The van der Waals surface area contributed by atoms with Crippen LogP contribution in [0.25, 0.3) is 0 Å². The average molecular weight is 384 g/mol. The number of sulfonamides is 1. The molecule has 0 aliphatic carbocycles. The SMILES string of the molecule is Cc1ccc(S(=O)(=O)N(C)c2ccc(C(=O)NCc3ccco3)cc2)cc1. The van der Waals surface area contributed by atoms with Crippen molar-refractivity contribution in [3.8, 4) is 0 Å². The van der Waals surface area contributed by atoms with Crippen LogP contribution in [0.4, 0.5) is 5.69 Å². The van der Waals surface area contributed by atoms with Crippen LogP contribution in [0.1, 0.15) is 21.7 Å². The molecular weight excluding hydrogens is 364 g/mol. The highest BCUT2D eigenvalue weighted by Crippen LogP contribution is 2.22. The predicted molar refractivity (Wildman–Crippen MR) is 103 cm³/mol. The molecule has 0 aliphatic heterocycles. The van der Waals surface area contributed by atoms with Crippen molar-refractivity contribution in [1.82, 2.24) is 5.32 Å². The third kappa shape index (κ3) is 4.20. The van der Waals surface area contributed by atoms with Crippen LogP contribution in [-0.4, -0.2) is 21.4 Å². The maximum Gasteiger partial charge on any atom is 0.264 e. The molecule has 3 rings (SSSR count). The van der Waals surface area contributed by atoms with E-state index < -0.39 is 10.0 Å². The van der Waals surface area contributed by atoms with Crippen LogP contribution >= 0.6 is 0 Å². The van der Waals surface area contributed by atoms with Gasteiger partial charge in [0.25, 0.3) is 15.9 Å². The van der Waals surface area contributed by atoms with E-state index in [0.29, 0.717) is 17.0 Å². The number of carbonyl (C=O) groups excluding carboxylic acids is 1. The van der Waals surface area contributed by atoms with Crippen molar-refractivity contribution in [3.05, 3.63) is 83.8 Å². The molecule has 1 aromatic heterocycles. The quantitative estimate of drug-likeness (QED) is 0.707. The van der Waals surface area contributed by atoms with Gasteiger partial charge in [-0.2, -0.15) is 0 Å². The smallest absolute Gasteiger partial charge is 0.264 e. The molecule has 1 N–H and O–H groups in total. The minimum Gasteiger partial charge on any atom is -0.467 e. The van der Waals surface area contributed by atoms with Gasteiger partial charge < -0.3 is 9.73 Å². The Balaban J connectivity index is 1.72. The molecule has 0 saturated carbocycles. The second-order valence-corrected chi connectivity index (χ2v) is 8.06. The second kappa shape index (κ2) is 7.67. The highest BCUT2D eigenvalue weighted by Gasteiger charge is 2.21. The molecule has 0 aliphatic rings. The average Bonchev–Trinajstić information content (AvgIpc) is 3.19.